The van der Waals surface area contributed by atoms with Crippen LogP contribution in [-0.2, 0) is 18.2 Å². The van der Waals surface area contributed by atoms with Gasteiger partial charge in [-0.2, -0.15) is 4.31 Å². The summed E-state index contributed by atoms with van der Waals surface area (Å²) in [5.41, 5.74) is 0. The first-order valence-corrected chi connectivity index (χ1v) is 8.88. The normalized spacial score (nSPS) is 16.3. The van der Waals surface area contributed by atoms with E-state index in [0.717, 1.165) is 0 Å². The van der Waals surface area contributed by atoms with Crippen LogP contribution >= 0.6 is 37.6 Å². The predicted octanol–water partition coefficient (Wildman–Crippen LogP) is 1.18. The number of hydrogen-bond acceptors (Lipinski definition) is 5. The smallest absolute Gasteiger partial charge is 0.379 e. The third-order valence-corrected chi connectivity index (χ3v) is 5.55. The Morgan fingerprint density at radius 1 is 1.20 bits per heavy atom. The molecule has 0 fully saturated rings. The molecular formula is C4H11ClO7P2S. The molecule has 92 valence electrons. The number of halogens is 1. The van der Waals surface area contributed by atoms with E-state index in [4.69, 9.17) is 31.0 Å². The minimum atomic E-state index is -4.94. The summed E-state index contributed by atoms with van der Waals surface area (Å²) >= 11 is 5.68. The highest BCUT2D eigenvalue weighted by molar-refractivity contribution is 8.55. The van der Waals surface area contributed by atoms with Crippen molar-refractivity contribution in [2.45, 2.75) is 0 Å². The summed E-state index contributed by atoms with van der Waals surface area (Å²) in [6, 6.07) is 0. The number of hydrogen-bond donors (Lipinski definition) is 3. The van der Waals surface area contributed by atoms with Crippen molar-refractivity contribution in [3.05, 3.63) is 0 Å². The summed E-state index contributed by atoms with van der Waals surface area (Å²) < 4.78 is 29.8. The van der Waals surface area contributed by atoms with Gasteiger partial charge in [0.05, 0.1) is 13.2 Å². The largest absolute Gasteiger partial charge is 0.477 e. The summed E-state index contributed by atoms with van der Waals surface area (Å²) in [5, 5.41) is 0. The molecule has 7 nitrogen and oxygen atoms in total. The maximum atomic E-state index is 11.0. The number of rotatable bonds is 8. The van der Waals surface area contributed by atoms with E-state index in [-0.39, 0.29) is 12.4 Å². The van der Waals surface area contributed by atoms with Crippen molar-refractivity contribution in [2.75, 3.05) is 24.8 Å². The first-order valence-electron chi connectivity index (χ1n) is 3.65. The van der Waals surface area contributed by atoms with E-state index in [1.54, 1.807) is 0 Å². The molecule has 0 spiro atoms. The lowest BCUT2D eigenvalue weighted by Gasteiger charge is -2.11. The van der Waals surface area contributed by atoms with Crippen LogP contribution in [0.25, 0.3) is 0 Å². The SMILES string of the molecule is O=P(O)(O)OP(=O)(O)SCCOCCCl. The summed E-state index contributed by atoms with van der Waals surface area (Å²) in [7, 11) is -4.94. The standard InChI is InChI=1S/C4H11ClO7P2S/c5-1-2-11-3-4-15-14(9,10)12-13(6,7)8/h1-4H2,(H,9,10)(H2,6,7,8). The number of ether oxygens (including phenoxy) is 1. The molecule has 0 heterocycles. The summed E-state index contributed by atoms with van der Waals surface area (Å²) in [6.45, 7) is -3.87. The zero-order valence-electron chi connectivity index (χ0n) is 7.48. The second-order valence-electron chi connectivity index (χ2n) is 2.18. The van der Waals surface area contributed by atoms with Gasteiger partial charge in [0.25, 0.3) is 0 Å². The van der Waals surface area contributed by atoms with Gasteiger partial charge in [0.2, 0.25) is 0 Å². The highest BCUT2D eigenvalue weighted by Gasteiger charge is 2.30. The van der Waals surface area contributed by atoms with Crippen molar-refractivity contribution in [2.24, 2.45) is 0 Å². The van der Waals surface area contributed by atoms with Crippen LogP contribution in [0.15, 0.2) is 0 Å². The fourth-order valence-corrected chi connectivity index (χ4v) is 4.44. The first-order chi connectivity index (χ1) is 6.77. The minimum Gasteiger partial charge on any atom is -0.379 e. The fraction of sp³-hybridized carbons (Fsp3) is 1.00. The van der Waals surface area contributed by atoms with Crippen LogP contribution in [0, 0.1) is 0 Å². The molecule has 0 aromatic heterocycles. The summed E-state index contributed by atoms with van der Waals surface area (Å²) in [4.78, 5) is 25.5. The lowest BCUT2D eigenvalue weighted by molar-refractivity contribution is 0.166. The lowest BCUT2D eigenvalue weighted by Crippen LogP contribution is -2.00. The Morgan fingerprint density at radius 3 is 2.27 bits per heavy atom. The molecule has 3 N–H and O–H groups in total. The van der Waals surface area contributed by atoms with Gasteiger partial charge in [-0.25, -0.2) is 9.13 Å². The quantitative estimate of drug-likeness (QED) is 0.348. The molecule has 0 radical (unpaired) electrons. The Bertz CT molecular complexity index is 268. The van der Waals surface area contributed by atoms with Gasteiger partial charge >= 0.3 is 14.6 Å². The average Bonchev–Trinajstić information content (AvgIpc) is 1.99. The van der Waals surface area contributed by atoms with Crippen molar-refractivity contribution < 1.29 is 32.9 Å². The van der Waals surface area contributed by atoms with Crippen LogP contribution in [0.3, 0.4) is 0 Å². The topological polar surface area (TPSA) is 113 Å². The molecule has 0 aliphatic rings. The molecule has 11 heteroatoms. The first kappa shape index (κ1) is 15.9. The number of alkyl halides is 1. The van der Waals surface area contributed by atoms with Crippen molar-refractivity contribution in [1.29, 1.82) is 0 Å². The fourth-order valence-electron chi connectivity index (χ4n) is 0.526. The van der Waals surface area contributed by atoms with Crippen LogP contribution in [0.1, 0.15) is 0 Å². The van der Waals surface area contributed by atoms with Gasteiger partial charge in [-0.3, -0.25) is 0 Å². The highest BCUT2D eigenvalue weighted by atomic mass is 35.5. The van der Waals surface area contributed by atoms with E-state index in [9.17, 15) is 9.13 Å². The molecule has 0 aliphatic carbocycles. The van der Waals surface area contributed by atoms with Crippen molar-refractivity contribution in [3.63, 3.8) is 0 Å². The molecule has 0 saturated heterocycles. The van der Waals surface area contributed by atoms with Crippen molar-refractivity contribution >= 4 is 37.6 Å². The van der Waals surface area contributed by atoms with E-state index in [1.165, 1.54) is 0 Å². The monoisotopic (exact) mass is 300 g/mol. The second-order valence-corrected chi connectivity index (χ2v) is 7.95. The molecule has 0 aromatic carbocycles. The van der Waals surface area contributed by atoms with E-state index < -0.39 is 14.6 Å². The molecule has 15 heavy (non-hydrogen) atoms. The van der Waals surface area contributed by atoms with Gasteiger partial charge in [-0.1, -0.05) is 0 Å². The molecular weight excluding hydrogens is 290 g/mol. The van der Waals surface area contributed by atoms with Crippen molar-refractivity contribution in [1.82, 2.24) is 0 Å². The molecule has 0 amide bonds. The highest BCUT2D eigenvalue weighted by Crippen LogP contribution is 2.64. The molecule has 1 atom stereocenters. The summed E-state index contributed by atoms with van der Waals surface area (Å²) in [6.07, 6.45) is 0. The van der Waals surface area contributed by atoms with Gasteiger partial charge in [0, 0.05) is 11.6 Å². The lowest BCUT2D eigenvalue weighted by atomic mass is 10.8. The van der Waals surface area contributed by atoms with E-state index >= 15 is 0 Å². The van der Waals surface area contributed by atoms with Crippen molar-refractivity contribution in [3.8, 4) is 0 Å². The van der Waals surface area contributed by atoms with E-state index in [0.29, 0.717) is 23.9 Å². The van der Waals surface area contributed by atoms with Gasteiger partial charge in [-0.05, 0) is 11.4 Å². The second kappa shape index (κ2) is 7.27. The average molecular weight is 301 g/mol. The predicted molar refractivity (Wildman–Crippen MR) is 57.0 cm³/mol. The Balaban J connectivity index is 3.75. The maximum Gasteiger partial charge on any atom is 0.477 e. The van der Waals surface area contributed by atoms with E-state index in [2.05, 4.69) is 4.31 Å². The molecule has 0 rings (SSSR count). The third kappa shape index (κ3) is 11.2. The third-order valence-electron chi connectivity index (χ3n) is 0.913. The molecule has 0 aliphatic heterocycles. The van der Waals surface area contributed by atoms with Crippen LogP contribution in [0.5, 0.6) is 0 Å². The minimum absolute atomic E-state index is 0.0741. The summed E-state index contributed by atoms with van der Waals surface area (Å²) in [5.74, 6) is 0.380. The zero-order chi connectivity index (χ0) is 11.9. The van der Waals surface area contributed by atoms with Gasteiger partial charge in [0.15, 0.2) is 0 Å². The Labute approximate surface area is 95.6 Å². The van der Waals surface area contributed by atoms with Crippen LogP contribution in [0.4, 0.5) is 0 Å². The van der Waals surface area contributed by atoms with Crippen LogP contribution in [0.2, 0.25) is 0 Å². The van der Waals surface area contributed by atoms with Gasteiger partial charge in [0.1, 0.15) is 0 Å². The van der Waals surface area contributed by atoms with Gasteiger partial charge in [-0.15, -0.1) is 11.6 Å². The molecule has 0 aromatic rings. The maximum absolute atomic E-state index is 11.0. The Kier molecular flexibility index (Phi) is 7.71. The Hall–Kier alpha value is 0.900. The molecule has 1 unspecified atom stereocenters. The number of phosphoric acid groups is 1. The zero-order valence-corrected chi connectivity index (χ0v) is 10.8. The Morgan fingerprint density at radius 2 is 1.80 bits per heavy atom. The molecule has 0 bridgehead atoms. The van der Waals surface area contributed by atoms with Crippen LogP contribution in [-0.4, -0.2) is 39.5 Å². The van der Waals surface area contributed by atoms with Crippen LogP contribution < -0.4 is 0 Å². The van der Waals surface area contributed by atoms with Gasteiger partial charge < -0.3 is 19.4 Å². The van der Waals surface area contributed by atoms with E-state index in [1.807, 2.05) is 0 Å². The molecule has 0 saturated carbocycles.